The monoisotopic (exact) mass is 214 g/mol. The number of hydrogen-bond donors (Lipinski definition) is 1. The van der Waals surface area contributed by atoms with Crippen LogP contribution in [0.25, 0.3) is 0 Å². The minimum absolute atomic E-state index is 0.125. The van der Waals surface area contributed by atoms with Crippen LogP contribution in [0.5, 0.6) is 0 Å². The Morgan fingerprint density at radius 3 is 2.87 bits per heavy atom. The van der Waals surface area contributed by atoms with Crippen LogP contribution in [0, 0.1) is 0 Å². The topological polar surface area (TPSA) is 41.6 Å². The molecule has 0 aromatic carbocycles. The van der Waals surface area contributed by atoms with Gasteiger partial charge in [0.15, 0.2) is 0 Å². The first-order chi connectivity index (χ1) is 7.20. The maximum absolute atomic E-state index is 11.5. The Morgan fingerprint density at radius 2 is 2.40 bits per heavy atom. The minimum Gasteiger partial charge on any atom is -0.468 e. The molecule has 1 saturated heterocycles. The average Bonchev–Trinajstić information content (AvgIpc) is 2.77. The quantitative estimate of drug-likeness (QED) is 0.681. The predicted octanol–water partition coefficient (Wildman–Crippen LogP) is 0.622. The molecule has 2 unspecified atom stereocenters. The van der Waals surface area contributed by atoms with Crippen LogP contribution in [-0.4, -0.2) is 49.7 Å². The molecule has 4 heteroatoms. The van der Waals surface area contributed by atoms with E-state index >= 15 is 0 Å². The molecule has 0 saturated carbocycles. The van der Waals surface area contributed by atoms with Gasteiger partial charge < -0.3 is 10.1 Å². The van der Waals surface area contributed by atoms with Gasteiger partial charge in [-0.05, 0) is 32.9 Å². The molecular weight excluding hydrogens is 192 g/mol. The Balaban J connectivity index is 2.58. The van der Waals surface area contributed by atoms with E-state index in [9.17, 15) is 4.79 Å². The van der Waals surface area contributed by atoms with E-state index in [0.717, 1.165) is 32.5 Å². The van der Waals surface area contributed by atoms with E-state index in [1.54, 1.807) is 0 Å². The number of nitrogens with one attached hydrogen (secondary N) is 1. The average molecular weight is 214 g/mol. The van der Waals surface area contributed by atoms with Crippen molar-refractivity contribution in [1.82, 2.24) is 10.2 Å². The molecule has 1 fully saturated rings. The zero-order valence-corrected chi connectivity index (χ0v) is 9.95. The Labute approximate surface area is 92.0 Å². The number of methoxy groups -OCH3 is 1. The molecule has 1 aliphatic heterocycles. The van der Waals surface area contributed by atoms with E-state index < -0.39 is 0 Å². The fraction of sp³-hybridized carbons (Fsp3) is 0.909. The first kappa shape index (κ1) is 12.5. The first-order valence-corrected chi connectivity index (χ1v) is 5.75. The zero-order valence-electron chi connectivity index (χ0n) is 9.95. The summed E-state index contributed by atoms with van der Waals surface area (Å²) >= 11 is 0. The summed E-state index contributed by atoms with van der Waals surface area (Å²) < 4.78 is 4.80. The van der Waals surface area contributed by atoms with Crippen molar-refractivity contribution in [2.75, 3.05) is 26.7 Å². The van der Waals surface area contributed by atoms with Crippen LogP contribution in [0.15, 0.2) is 0 Å². The van der Waals surface area contributed by atoms with E-state index in [4.69, 9.17) is 4.74 Å². The number of hydrogen-bond acceptors (Lipinski definition) is 4. The molecule has 0 aliphatic carbocycles. The van der Waals surface area contributed by atoms with Crippen LogP contribution in [0.4, 0.5) is 0 Å². The van der Waals surface area contributed by atoms with Gasteiger partial charge in [-0.25, -0.2) is 0 Å². The van der Waals surface area contributed by atoms with Crippen LogP contribution in [0.1, 0.15) is 26.7 Å². The summed E-state index contributed by atoms with van der Waals surface area (Å²) in [6.07, 6.45) is 2.19. The van der Waals surface area contributed by atoms with E-state index in [0.29, 0.717) is 6.04 Å². The summed E-state index contributed by atoms with van der Waals surface area (Å²) in [6.45, 7) is 7.07. The highest BCUT2D eigenvalue weighted by molar-refractivity contribution is 5.75. The highest BCUT2D eigenvalue weighted by atomic mass is 16.5. The fourth-order valence-electron chi connectivity index (χ4n) is 2.18. The number of rotatable bonds is 5. The largest absolute Gasteiger partial charge is 0.468 e. The van der Waals surface area contributed by atoms with Gasteiger partial charge in [0.2, 0.25) is 0 Å². The number of carbonyl (C=O) groups is 1. The first-order valence-electron chi connectivity index (χ1n) is 5.75. The van der Waals surface area contributed by atoms with Crippen LogP contribution < -0.4 is 5.32 Å². The van der Waals surface area contributed by atoms with Gasteiger partial charge in [0.25, 0.3) is 0 Å². The third-order valence-electron chi connectivity index (χ3n) is 3.02. The number of ether oxygens (including phenoxy) is 1. The van der Waals surface area contributed by atoms with Gasteiger partial charge in [-0.1, -0.05) is 6.92 Å². The standard InChI is InChI=1S/C11H22N2O2/c1-4-7-13(9(2)11(14)15-3)10-5-6-12-8-10/h9-10,12H,4-8H2,1-3H3. The van der Waals surface area contributed by atoms with Crippen LogP contribution >= 0.6 is 0 Å². The van der Waals surface area contributed by atoms with Gasteiger partial charge >= 0.3 is 5.97 Å². The van der Waals surface area contributed by atoms with Crippen molar-refractivity contribution in [2.24, 2.45) is 0 Å². The molecule has 1 N–H and O–H groups in total. The second kappa shape index (κ2) is 6.08. The molecule has 1 heterocycles. The summed E-state index contributed by atoms with van der Waals surface area (Å²) in [4.78, 5) is 13.8. The van der Waals surface area contributed by atoms with E-state index in [2.05, 4.69) is 17.1 Å². The SMILES string of the molecule is CCCN(C1CCNC1)C(C)C(=O)OC. The lowest BCUT2D eigenvalue weighted by atomic mass is 10.1. The molecule has 88 valence electrons. The minimum atomic E-state index is -0.129. The Hall–Kier alpha value is -0.610. The van der Waals surface area contributed by atoms with Gasteiger partial charge in [0, 0.05) is 12.6 Å². The molecule has 0 aromatic heterocycles. The van der Waals surface area contributed by atoms with E-state index in [-0.39, 0.29) is 12.0 Å². The number of nitrogens with zero attached hydrogens (tertiary/aromatic N) is 1. The van der Waals surface area contributed by atoms with Crippen LogP contribution in [-0.2, 0) is 9.53 Å². The molecule has 0 bridgehead atoms. The normalized spacial score (nSPS) is 23.1. The highest BCUT2D eigenvalue weighted by Gasteiger charge is 2.29. The van der Waals surface area contributed by atoms with Crippen molar-refractivity contribution in [3.63, 3.8) is 0 Å². The molecule has 0 spiro atoms. The second-order valence-corrected chi connectivity index (χ2v) is 4.08. The van der Waals surface area contributed by atoms with Gasteiger partial charge in [0.05, 0.1) is 7.11 Å². The zero-order chi connectivity index (χ0) is 11.3. The van der Waals surface area contributed by atoms with Crippen molar-refractivity contribution < 1.29 is 9.53 Å². The van der Waals surface area contributed by atoms with Gasteiger partial charge in [-0.15, -0.1) is 0 Å². The van der Waals surface area contributed by atoms with Gasteiger partial charge in [0.1, 0.15) is 6.04 Å². The van der Waals surface area contributed by atoms with E-state index in [1.165, 1.54) is 7.11 Å². The van der Waals surface area contributed by atoms with Crippen molar-refractivity contribution in [3.8, 4) is 0 Å². The lowest BCUT2D eigenvalue weighted by molar-refractivity contribution is -0.147. The Kier molecular flexibility index (Phi) is 5.05. The molecular formula is C11H22N2O2. The molecule has 1 rings (SSSR count). The fourth-order valence-corrected chi connectivity index (χ4v) is 2.18. The van der Waals surface area contributed by atoms with Crippen LogP contribution in [0.3, 0.4) is 0 Å². The van der Waals surface area contributed by atoms with Crippen molar-refractivity contribution >= 4 is 5.97 Å². The van der Waals surface area contributed by atoms with Gasteiger partial charge in [-0.2, -0.15) is 0 Å². The van der Waals surface area contributed by atoms with Crippen molar-refractivity contribution in [3.05, 3.63) is 0 Å². The lowest BCUT2D eigenvalue weighted by Crippen LogP contribution is -2.47. The third kappa shape index (κ3) is 3.18. The smallest absolute Gasteiger partial charge is 0.322 e. The maximum Gasteiger partial charge on any atom is 0.322 e. The maximum atomic E-state index is 11.5. The molecule has 15 heavy (non-hydrogen) atoms. The molecule has 0 radical (unpaired) electrons. The molecule has 0 amide bonds. The second-order valence-electron chi connectivity index (χ2n) is 4.08. The summed E-state index contributed by atoms with van der Waals surface area (Å²) in [5, 5.41) is 3.33. The summed E-state index contributed by atoms with van der Waals surface area (Å²) in [7, 11) is 1.45. The Bertz CT molecular complexity index is 203. The van der Waals surface area contributed by atoms with Gasteiger partial charge in [-0.3, -0.25) is 9.69 Å². The number of esters is 1. The number of carbonyl (C=O) groups excluding carboxylic acids is 1. The van der Waals surface area contributed by atoms with Crippen molar-refractivity contribution in [1.29, 1.82) is 0 Å². The summed E-state index contributed by atoms with van der Waals surface area (Å²) in [5.74, 6) is -0.129. The van der Waals surface area contributed by atoms with Crippen LogP contribution in [0.2, 0.25) is 0 Å². The highest BCUT2D eigenvalue weighted by Crippen LogP contribution is 2.13. The predicted molar refractivity (Wildman–Crippen MR) is 59.7 cm³/mol. The lowest BCUT2D eigenvalue weighted by Gasteiger charge is -2.32. The summed E-state index contributed by atoms with van der Waals surface area (Å²) in [5.41, 5.74) is 0. The molecule has 1 aliphatic rings. The molecule has 4 nitrogen and oxygen atoms in total. The third-order valence-corrected chi connectivity index (χ3v) is 3.02. The molecule has 2 atom stereocenters. The Morgan fingerprint density at radius 1 is 1.67 bits per heavy atom. The molecule has 0 aromatic rings. The summed E-state index contributed by atoms with van der Waals surface area (Å²) in [6, 6.07) is 0.360. The van der Waals surface area contributed by atoms with E-state index in [1.807, 2.05) is 6.92 Å². The van der Waals surface area contributed by atoms with Crippen molar-refractivity contribution in [2.45, 2.75) is 38.8 Å².